The molecule has 1 N–H and O–H groups in total. The summed E-state index contributed by atoms with van der Waals surface area (Å²) in [4.78, 5) is 21.5. The normalized spacial score (nSPS) is 11.9. The second-order valence-corrected chi connectivity index (χ2v) is 8.29. The van der Waals surface area contributed by atoms with Crippen LogP contribution < -0.4 is 10.1 Å². The molecular formula is C24H25F3N6O2. The van der Waals surface area contributed by atoms with Gasteiger partial charge in [-0.05, 0) is 36.8 Å². The van der Waals surface area contributed by atoms with Gasteiger partial charge in [-0.25, -0.2) is 14.5 Å². The summed E-state index contributed by atoms with van der Waals surface area (Å²) >= 11 is 0. The summed E-state index contributed by atoms with van der Waals surface area (Å²) in [6.07, 6.45) is 0.654. The molecule has 184 valence electrons. The fraction of sp³-hybridized carbons (Fsp3) is 0.333. The molecule has 4 rings (SSSR count). The average molecular weight is 486 g/mol. The third-order valence-electron chi connectivity index (χ3n) is 5.52. The summed E-state index contributed by atoms with van der Waals surface area (Å²) in [6, 6.07) is 7.39. The minimum absolute atomic E-state index is 0.0311. The summed E-state index contributed by atoms with van der Waals surface area (Å²) in [6.45, 7) is 5.08. The van der Waals surface area contributed by atoms with Crippen molar-refractivity contribution in [2.75, 3.05) is 13.7 Å². The maximum atomic E-state index is 13.8. The van der Waals surface area contributed by atoms with Crippen molar-refractivity contribution in [3.63, 3.8) is 0 Å². The first-order valence-corrected chi connectivity index (χ1v) is 11.1. The molecule has 3 aromatic heterocycles. The number of halogens is 3. The van der Waals surface area contributed by atoms with Crippen LogP contribution in [0.3, 0.4) is 0 Å². The Morgan fingerprint density at radius 3 is 2.60 bits per heavy atom. The number of aryl methyl sites for hydroxylation is 1. The number of imidazole rings is 1. The van der Waals surface area contributed by atoms with Crippen LogP contribution >= 0.6 is 0 Å². The van der Waals surface area contributed by atoms with Crippen LogP contribution in [0.15, 0.2) is 48.9 Å². The molecule has 0 unspecified atom stereocenters. The highest BCUT2D eigenvalue weighted by Crippen LogP contribution is 2.33. The van der Waals surface area contributed by atoms with Crippen LogP contribution in [0.4, 0.5) is 13.2 Å². The highest BCUT2D eigenvalue weighted by atomic mass is 19.4. The van der Waals surface area contributed by atoms with Crippen molar-refractivity contribution >= 4 is 11.6 Å². The number of benzene rings is 1. The predicted octanol–water partition coefficient (Wildman–Crippen LogP) is 4.56. The van der Waals surface area contributed by atoms with Crippen LogP contribution in [-0.4, -0.2) is 43.7 Å². The summed E-state index contributed by atoms with van der Waals surface area (Å²) in [5.74, 6) is 1.25. The smallest absolute Gasteiger partial charge is 0.433 e. The van der Waals surface area contributed by atoms with Crippen molar-refractivity contribution in [1.82, 2.24) is 29.5 Å². The van der Waals surface area contributed by atoms with E-state index in [1.54, 1.807) is 30.5 Å². The van der Waals surface area contributed by atoms with E-state index in [4.69, 9.17) is 4.74 Å². The van der Waals surface area contributed by atoms with E-state index in [1.807, 2.05) is 24.6 Å². The van der Waals surface area contributed by atoms with Gasteiger partial charge in [0.15, 0.2) is 11.3 Å². The number of carbonyl (C=O) groups excluding carboxylic acids is 1. The maximum absolute atomic E-state index is 13.8. The summed E-state index contributed by atoms with van der Waals surface area (Å²) < 4.78 is 49.2. The zero-order valence-corrected chi connectivity index (χ0v) is 19.5. The molecule has 8 nitrogen and oxygen atoms in total. The topological polar surface area (TPSA) is 86.3 Å². The molecule has 0 bridgehead atoms. The molecular weight excluding hydrogens is 461 g/mol. The molecule has 35 heavy (non-hydrogen) atoms. The number of carbonyl (C=O) groups is 1. The number of methoxy groups -OCH3 is 1. The van der Waals surface area contributed by atoms with Crippen molar-refractivity contribution in [1.29, 1.82) is 0 Å². The minimum atomic E-state index is -4.69. The second-order valence-electron chi connectivity index (χ2n) is 8.29. The molecule has 4 aromatic rings. The molecule has 0 fully saturated rings. The lowest BCUT2D eigenvalue weighted by atomic mass is 10.1. The van der Waals surface area contributed by atoms with Gasteiger partial charge in [-0.3, -0.25) is 4.79 Å². The second kappa shape index (κ2) is 9.77. The van der Waals surface area contributed by atoms with Crippen molar-refractivity contribution < 1.29 is 22.7 Å². The first kappa shape index (κ1) is 24.2. The Labute approximate surface area is 199 Å². The Morgan fingerprint density at radius 2 is 1.94 bits per heavy atom. The van der Waals surface area contributed by atoms with Crippen LogP contribution in [0, 0.1) is 0 Å². The fourth-order valence-electron chi connectivity index (χ4n) is 3.79. The summed E-state index contributed by atoms with van der Waals surface area (Å²) in [5, 5.41) is 6.57. The molecule has 1 amide bonds. The molecule has 0 aliphatic heterocycles. The highest BCUT2D eigenvalue weighted by Gasteiger charge is 2.36. The lowest BCUT2D eigenvalue weighted by Crippen LogP contribution is -2.25. The Morgan fingerprint density at radius 1 is 1.20 bits per heavy atom. The first-order chi connectivity index (χ1) is 16.7. The van der Waals surface area contributed by atoms with Crippen molar-refractivity contribution in [2.45, 2.75) is 38.9 Å². The van der Waals surface area contributed by atoms with Gasteiger partial charge in [0.25, 0.3) is 5.91 Å². The molecule has 11 heteroatoms. The first-order valence-electron chi connectivity index (χ1n) is 11.1. The summed E-state index contributed by atoms with van der Waals surface area (Å²) in [5.41, 5.74) is -0.694. The molecule has 0 saturated carbocycles. The Balaban J connectivity index is 1.57. The van der Waals surface area contributed by atoms with Crippen LogP contribution in [0.25, 0.3) is 16.9 Å². The zero-order chi connectivity index (χ0) is 25.2. The predicted molar refractivity (Wildman–Crippen MR) is 123 cm³/mol. The lowest BCUT2D eigenvalue weighted by molar-refractivity contribution is -0.142. The van der Waals surface area contributed by atoms with E-state index in [9.17, 15) is 18.0 Å². The van der Waals surface area contributed by atoms with Crippen molar-refractivity contribution in [3.05, 3.63) is 66.0 Å². The SMILES string of the molecule is COc1ccc(-c2cc(C(F)(F)F)n3ncc(C(=O)NCCCn4ccnc4C(C)C)c3n2)cc1. The average Bonchev–Trinajstić information content (AvgIpc) is 3.47. The van der Waals surface area contributed by atoms with E-state index in [1.165, 1.54) is 7.11 Å². The number of fused-ring (bicyclic) bond motifs is 1. The molecule has 0 atom stereocenters. The third-order valence-corrected chi connectivity index (χ3v) is 5.52. The van der Waals surface area contributed by atoms with Gasteiger partial charge in [0.05, 0.1) is 19.0 Å². The Hall–Kier alpha value is -3.89. The number of hydrogen-bond acceptors (Lipinski definition) is 5. The number of ether oxygens (including phenoxy) is 1. The van der Waals surface area contributed by atoms with Crippen molar-refractivity contribution in [3.8, 4) is 17.0 Å². The summed E-state index contributed by atoms with van der Waals surface area (Å²) in [7, 11) is 1.50. The van der Waals surface area contributed by atoms with Crippen LogP contribution in [0.1, 0.15) is 48.1 Å². The van der Waals surface area contributed by atoms with Gasteiger partial charge in [-0.2, -0.15) is 18.3 Å². The van der Waals surface area contributed by atoms with Gasteiger partial charge in [0.2, 0.25) is 0 Å². The number of nitrogens with zero attached hydrogens (tertiary/aromatic N) is 5. The van der Waals surface area contributed by atoms with E-state index in [-0.39, 0.29) is 22.8 Å². The Kier molecular flexibility index (Phi) is 6.77. The number of nitrogens with one attached hydrogen (secondary N) is 1. The standard InChI is InChI=1S/C24H25F3N6O2/c1-15(2)21-28-10-12-32(21)11-4-9-29-23(34)18-14-30-33-20(24(25,26)27)13-19(31-22(18)33)16-5-7-17(35-3)8-6-16/h5-8,10,12-15H,4,9,11H2,1-3H3,(H,29,34). The number of rotatable bonds is 8. The van der Waals surface area contributed by atoms with Gasteiger partial charge >= 0.3 is 6.18 Å². The molecule has 0 aliphatic carbocycles. The molecule has 0 spiro atoms. The molecule has 0 radical (unpaired) electrons. The molecule has 1 aromatic carbocycles. The van der Waals surface area contributed by atoms with E-state index in [2.05, 4.69) is 20.4 Å². The van der Waals surface area contributed by atoms with Gasteiger partial charge in [0, 0.05) is 37.0 Å². The zero-order valence-electron chi connectivity index (χ0n) is 19.5. The van der Waals surface area contributed by atoms with E-state index >= 15 is 0 Å². The molecule has 3 heterocycles. The fourth-order valence-corrected chi connectivity index (χ4v) is 3.79. The number of alkyl halides is 3. The molecule has 0 aliphatic rings. The van der Waals surface area contributed by atoms with Crippen LogP contribution in [0.5, 0.6) is 5.75 Å². The van der Waals surface area contributed by atoms with E-state index in [0.717, 1.165) is 18.1 Å². The molecule has 0 saturated heterocycles. The Bertz CT molecular complexity index is 1330. The lowest BCUT2D eigenvalue weighted by Gasteiger charge is -2.12. The third kappa shape index (κ3) is 5.13. The number of aromatic nitrogens is 5. The minimum Gasteiger partial charge on any atom is -0.497 e. The van der Waals surface area contributed by atoms with Crippen LogP contribution in [0.2, 0.25) is 0 Å². The van der Waals surface area contributed by atoms with Gasteiger partial charge in [-0.1, -0.05) is 13.8 Å². The van der Waals surface area contributed by atoms with Gasteiger partial charge in [0.1, 0.15) is 17.1 Å². The number of amides is 1. The highest BCUT2D eigenvalue weighted by molar-refractivity contribution is 5.99. The van der Waals surface area contributed by atoms with E-state index in [0.29, 0.717) is 35.3 Å². The maximum Gasteiger partial charge on any atom is 0.433 e. The quantitative estimate of drug-likeness (QED) is 0.369. The van der Waals surface area contributed by atoms with E-state index < -0.39 is 17.8 Å². The van der Waals surface area contributed by atoms with Gasteiger partial charge < -0.3 is 14.6 Å². The van der Waals surface area contributed by atoms with Gasteiger partial charge in [-0.15, -0.1) is 0 Å². The number of hydrogen-bond donors (Lipinski definition) is 1. The van der Waals surface area contributed by atoms with Crippen LogP contribution in [-0.2, 0) is 12.7 Å². The van der Waals surface area contributed by atoms with Crippen molar-refractivity contribution in [2.24, 2.45) is 0 Å². The largest absolute Gasteiger partial charge is 0.497 e. The monoisotopic (exact) mass is 486 g/mol.